The molecule has 0 saturated heterocycles. The first-order valence-corrected chi connectivity index (χ1v) is 14.2. The zero-order valence-electron chi connectivity index (χ0n) is 24.2. The van der Waals surface area contributed by atoms with Crippen LogP contribution in [0.25, 0.3) is 0 Å². The van der Waals surface area contributed by atoms with Crippen LogP contribution in [0.3, 0.4) is 0 Å². The van der Waals surface area contributed by atoms with E-state index in [9.17, 15) is 34.2 Å². The summed E-state index contributed by atoms with van der Waals surface area (Å²) in [5.41, 5.74) is -4.52. The molecular weight excluding hydrogens is 512 g/mol. The van der Waals surface area contributed by atoms with Crippen LogP contribution in [0.1, 0.15) is 89.6 Å². The lowest BCUT2D eigenvalue weighted by atomic mass is 9.38. The van der Waals surface area contributed by atoms with Gasteiger partial charge in [-0.1, -0.05) is 57.4 Å². The van der Waals surface area contributed by atoms with Crippen molar-refractivity contribution in [2.45, 2.75) is 85.4 Å². The fourth-order valence-electron chi connectivity index (χ4n) is 8.58. The van der Waals surface area contributed by atoms with Gasteiger partial charge in [0, 0.05) is 5.41 Å². The summed E-state index contributed by atoms with van der Waals surface area (Å²) >= 11 is 0. The molecule has 5 rings (SSSR count). The van der Waals surface area contributed by atoms with E-state index < -0.39 is 69.4 Å². The summed E-state index contributed by atoms with van der Waals surface area (Å²) in [6.07, 6.45) is 0.905. The molecule has 0 amide bonds. The average molecular weight is 551 g/mol. The molecule has 0 aromatic heterocycles. The van der Waals surface area contributed by atoms with Crippen LogP contribution in [0.5, 0.6) is 5.75 Å². The van der Waals surface area contributed by atoms with Gasteiger partial charge in [-0.3, -0.25) is 24.0 Å². The standard InChI is InChI=1S/C32H38O8/c1-14(2)23-15(3)21(17(5)33)26(36)32(39)27(37)24-25(35)22-19(12-9-13-20(22)34)16(4)30(24,6)29(31(23,32)7)40-28(38)18-10-8-11-18/h9,12-14,16,18,21,24,29,34,39H,8,10-11H2,1-7H3/t16-,21?,24?,29-,30+,31+,32+/m0/s1. The minimum Gasteiger partial charge on any atom is -0.507 e. The van der Waals surface area contributed by atoms with Crippen molar-refractivity contribution < 1.29 is 38.9 Å². The number of allylic oxidation sites excluding steroid dienone is 1. The molecule has 8 heteroatoms. The Hall–Kier alpha value is -3.13. The summed E-state index contributed by atoms with van der Waals surface area (Å²) in [5, 5.41) is 23.2. The second-order valence-corrected chi connectivity index (χ2v) is 13.0. The highest BCUT2D eigenvalue weighted by Crippen LogP contribution is 2.67. The van der Waals surface area contributed by atoms with Crippen LogP contribution >= 0.6 is 0 Å². The summed E-state index contributed by atoms with van der Waals surface area (Å²) < 4.78 is 6.35. The fourth-order valence-corrected chi connectivity index (χ4v) is 8.58. The Morgan fingerprint density at radius 2 is 1.70 bits per heavy atom. The molecule has 214 valence electrons. The molecule has 0 heterocycles. The second-order valence-electron chi connectivity index (χ2n) is 13.0. The van der Waals surface area contributed by atoms with E-state index in [1.54, 1.807) is 32.9 Å². The Kier molecular flexibility index (Phi) is 6.34. The number of aliphatic hydroxyl groups is 1. The molecule has 4 aliphatic carbocycles. The van der Waals surface area contributed by atoms with Crippen LogP contribution in [-0.4, -0.2) is 51.0 Å². The molecule has 0 spiro atoms. The number of phenols is 1. The molecule has 2 unspecified atom stereocenters. The van der Waals surface area contributed by atoms with Gasteiger partial charge in [0.1, 0.15) is 23.6 Å². The number of carbonyl (C=O) groups excluding carboxylic acids is 5. The van der Waals surface area contributed by atoms with Crippen LogP contribution in [0, 0.1) is 34.5 Å². The van der Waals surface area contributed by atoms with E-state index in [4.69, 9.17) is 4.74 Å². The first kappa shape index (κ1) is 28.4. The average Bonchev–Trinajstić information content (AvgIpc) is 2.82. The van der Waals surface area contributed by atoms with Crippen LogP contribution in [-0.2, 0) is 23.9 Å². The third-order valence-electron chi connectivity index (χ3n) is 10.8. The molecule has 4 aliphatic rings. The van der Waals surface area contributed by atoms with E-state index in [2.05, 4.69) is 0 Å². The minimum absolute atomic E-state index is 0.0377. The number of fused-ring (bicyclic) bond motifs is 3. The van der Waals surface area contributed by atoms with E-state index in [1.165, 1.54) is 13.0 Å². The Morgan fingerprint density at radius 1 is 1.07 bits per heavy atom. The zero-order chi connectivity index (χ0) is 29.7. The quantitative estimate of drug-likeness (QED) is 0.325. The van der Waals surface area contributed by atoms with Gasteiger partial charge in [-0.2, -0.15) is 0 Å². The molecule has 1 aromatic carbocycles. The van der Waals surface area contributed by atoms with E-state index in [1.807, 2.05) is 20.8 Å². The van der Waals surface area contributed by atoms with Gasteiger partial charge >= 0.3 is 5.97 Å². The maximum atomic E-state index is 14.6. The van der Waals surface area contributed by atoms with E-state index >= 15 is 0 Å². The molecule has 7 atom stereocenters. The lowest BCUT2D eigenvalue weighted by Gasteiger charge is -2.65. The van der Waals surface area contributed by atoms with Crippen molar-refractivity contribution >= 4 is 29.1 Å². The molecule has 0 bridgehead atoms. The molecule has 8 nitrogen and oxygen atoms in total. The van der Waals surface area contributed by atoms with E-state index in [0.29, 0.717) is 29.6 Å². The van der Waals surface area contributed by atoms with Crippen molar-refractivity contribution in [1.29, 1.82) is 0 Å². The number of hydrogen-bond donors (Lipinski definition) is 2. The first-order chi connectivity index (χ1) is 18.6. The Morgan fingerprint density at radius 3 is 2.23 bits per heavy atom. The Balaban J connectivity index is 1.88. The number of benzene rings is 1. The number of rotatable bonds is 4. The van der Waals surface area contributed by atoms with Gasteiger partial charge < -0.3 is 14.9 Å². The first-order valence-electron chi connectivity index (χ1n) is 14.2. The predicted octanol–water partition coefficient (Wildman–Crippen LogP) is 4.11. The van der Waals surface area contributed by atoms with Crippen molar-refractivity contribution in [3.8, 4) is 5.75 Å². The van der Waals surface area contributed by atoms with Crippen molar-refractivity contribution in [2.75, 3.05) is 0 Å². The third-order valence-corrected chi connectivity index (χ3v) is 10.8. The summed E-state index contributed by atoms with van der Waals surface area (Å²) in [5.74, 6) is -8.29. The monoisotopic (exact) mass is 550 g/mol. The molecule has 2 fully saturated rings. The van der Waals surface area contributed by atoms with Gasteiger partial charge in [-0.15, -0.1) is 0 Å². The highest BCUT2D eigenvalue weighted by molar-refractivity contribution is 6.27. The largest absolute Gasteiger partial charge is 0.507 e. The number of ketones is 4. The van der Waals surface area contributed by atoms with E-state index in [0.717, 1.165) is 6.42 Å². The van der Waals surface area contributed by atoms with Crippen LogP contribution in [0.4, 0.5) is 0 Å². The lowest BCUT2D eigenvalue weighted by molar-refractivity contribution is -0.226. The van der Waals surface area contributed by atoms with Crippen molar-refractivity contribution in [3.63, 3.8) is 0 Å². The molecule has 0 radical (unpaired) electrons. The molecule has 2 N–H and O–H groups in total. The van der Waals surface area contributed by atoms with Crippen molar-refractivity contribution in [1.82, 2.24) is 0 Å². The minimum atomic E-state index is -2.81. The summed E-state index contributed by atoms with van der Waals surface area (Å²) in [6.45, 7) is 11.7. The lowest BCUT2D eigenvalue weighted by Crippen LogP contribution is -2.79. The zero-order valence-corrected chi connectivity index (χ0v) is 24.2. The van der Waals surface area contributed by atoms with Crippen LogP contribution in [0.15, 0.2) is 29.3 Å². The molecule has 40 heavy (non-hydrogen) atoms. The van der Waals surface area contributed by atoms with Gasteiger partial charge in [0.15, 0.2) is 23.0 Å². The van der Waals surface area contributed by atoms with Gasteiger partial charge in [0.2, 0.25) is 0 Å². The van der Waals surface area contributed by atoms with Gasteiger partial charge in [0.25, 0.3) is 0 Å². The van der Waals surface area contributed by atoms with Gasteiger partial charge in [0.05, 0.1) is 22.8 Å². The smallest absolute Gasteiger partial charge is 0.309 e. The summed E-state index contributed by atoms with van der Waals surface area (Å²) in [7, 11) is 0. The van der Waals surface area contributed by atoms with E-state index in [-0.39, 0.29) is 23.1 Å². The number of ether oxygens (including phenoxy) is 1. The Bertz CT molecular complexity index is 1400. The maximum Gasteiger partial charge on any atom is 0.309 e. The molecule has 2 saturated carbocycles. The number of carbonyl (C=O) groups is 5. The van der Waals surface area contributed by atoms with Crippen molar-refractivity contribution in [2.24, 2.45) is 34.5 Å². The SMILES string of the molecule is CC(=O)C1C(=O)[C@@]2(O)C(=O)C3C(=O)c4c(O)cccc4[C@H](C)[C@@]3(C)[C@H](OC(=O)C3CCC3)[C@@]2(C)C(C(C)C)=C1C. The normalized spacial score (nSPS) is 37.5. The highest BCUT2D eigenvalue weighted by Gasteiger charge is 2.79. The number of Topliss-reactive ketones (excluding diaryl/α,β-unsaturated/α-hetero) is 4. The van der Waals surface area contributed by atoms with Crippen LogP contribution < -0.4 is 0 Å². The predicted molar refractivity (Wildman–Crippen MR) is 144 cm³/mol. The number of hydrogen-bond acceptors (Lipinski definition) is 8. The third kappa shape index (κ3) is 3.20. The summed E-state index contributed by atoms with van der Waals surface area (Å²) in [6, 6.07) is 4.68. The number of esters is 1. The molecule has 0 aliphatic heterocycles. The highest BCUT2D eigenvalue weighted by atomic mass is 16.5. The second kappa shape index (κ2) is 8.93. The Labute approximate surface area is 234 Å². The van der Waals surface area contributed by atoms with Gasteiger partial charge in [-0.25, -0.2) is 0 Å². The maximum absolute atomic E-state index is 14.6. The van der Waals surface area contributed by atoms with Crippen molar-refractivity contribution in [3.05, 3.63) is 40.5 Å². The number of aromatic hydroxyl groups is 1. The molecular formula is C32H38O8. The van der Waals surface area contributed by atoms with Gasteiger partial charge in [-0.05, 0) is 57.1 Å². The fraction of sp³-hybridized carbons (Fsp3) is 0.594. The summed E-state index contributed by atoms with van der Waals surface area (Å²) in [4.78, 5) is 69.4. The molecule has 1 aromatic rings. The van der Waals surface area contributed by atoms with Crippen LogP contribution in [0.2, 0.25) is 0 Å². The topological polar surface area (TPSA) is 135 Å². The number of phenolic OH excluding ortho intramolecular Hbond substituents is 1.